The van der Waals surface area contributed by atoms with Crippen LogP contribution >= 0.6 is 0 Å². The first kappa shape index (κ1) is 11.2. The van der Waals surface area contributed by atoms with Crippen LogP contribution in [0.3, 0.4) is 0 Å². The van der Waals surface area contributed by atoms with Crippen LogP contribution in [-0.4, -0.2) is 15.6 Å². The highest BCUT2D eigenvalue weighted by molar-refractivity contribution is 5.99. The SMILES string of the molecule is Cc1ccc2c(c1)cc(/C(N)=N/O)c(=O)n2C. The summed E-state index contributed by atoms with van der Waals surface area (Å²) in [7, 11) is 1.66. The maximum Gasteiger partial charge on any atom is 0.261 e. The van der Waals surface area contributed by atoms with Crippen molar-refractivity contribution in [1.29, 1.82) is 0 Å². The second-order valence-corrected chi connectivity index (χ2v) is 3.97. The molecule has 1 heterocycles. The smallest absolute Gasteiger partial charge is 0.261 e. The lowest BCUT2D eigenvalue weighted by atomic mass is 10.1. The fourth-order valence-corrected chi connectivity index (χ4v) is 1.84. The average molecular weight is 231 g/mol. The molecule has 0 aliphatic heterocycles. The van der Waals surface area contributed by atoms with Crippen LogP contribution in [0.1, 0.15) is 11.1 Å². The van der Waals surface area contributed by atoms with Gasteiger partial charge in [0.25, 0.3) is 5.56 Å². The fraction of sp³-hybridized carbons (Fsp3) is 0.167. The maximum atomic E-state index is 12.0. The quantitative estimate of drug-likeness (QED) is 0.332. The molecular formula is C12H13N3O2. The molecule has 0 aliphatic carbocycles. The van der Waals surface area contributed by atoms with Crippen LogP contribution in [0.2, 0.25) is 0 Å². The molecule has 0 bridgehead atoms. The molecule has 0 amide bonds. The molecular weight excluding hydrogens is 218 g/mol. The van der Waals surface area contributed by atoms with Gasteiger partial charge in [-0.25, -0.2) is 0 Å². The van der Waals surface area contributed by atoms with Crippen molar-refractivity contribution in [3.63, 3.8) is 0 Å². The molecule has 0 saturated carbocycles. The number of aromatic nitrogens is 1. The van der Waals surface area contributed by atoms with E-state index in [4.69, 9.17) is 10.9 Å². The monoisotopic (exact) mass is 231 g/mol. The third-order valence-corrected chi connectivity index (χ3v) is 2.76. The Labute approximate surface area is 97.8 Å². The van der Waals surface area contributed by atoms with E-state index in [0.29, 0.717) is 0 Å². The van der Waals surface area contributed by atoms with E-state index in [1.807, 2.05) is 25.1 Å². The van der Waals surface area contributed by atoms with E-state index < -0.39 is 0 Å². The van der Waals surface area contributed by atoms with Crippen molar-refractivity contribution < 1.29 is 5.21 Å². The highest BCUT2D eigenvalue weighted by atomic mass is 16.4. The molecule has 1 aromatic carbocycles. The number of nitrogens with two attached hydrogens (primary N) is 1. The van der Waals surface area contributed by atoms with Gasteiger partial charge in [-0.1, -0.05) is 16.8 Å². The van der Waals surface area contributed by atoms with Gasteiger partial charge in [-0.3, -0.25) is 4.79 Å². The molecule has 1 aromatic heterocycles. The van der Waals surface area contributed by atoms with Gasteiger partial charge in [0.15, 0.2) is 5.84 Å². The van der Waals surface area contributed by atoms with Gasteiger partial charge in [-0.15, -0.1) is 0 Å². The summed E-state index contributed by atoms with van der Waals surface area (Å²) in [5, 5.41) is 12.4. The van der Waals surface area contributed by atoms with Crippen molar-refractivity contribution in [2.75, 3.05) is 0 Å². The van der Waals surface area contributed by atoms with E-state index in [1.54, 1.807) is 13.1 Å². The van der Waals surface area contributed by atoms with Crippen LogP contribution in [0.5, 0.6) is 0 Å². The molecule has 2 rings (SSSR count). The Kier molecular flexibility index (Phi) is 2.59. The predicted molar refractivity (Wildman–Crippen MR) is 66.4 cm³/mol. The van der Waals surface area contributed by atoms with Crippen molar-refractivity contribution in [3.05, 3.63) is 45.7 Å². The second kappa shape index (κ2) is 3.93. The molecule has 0 aliphatic rings. The topological polar surface area (TPSA) is 80.6 Å². The highest BCUT2D eigenvalue weighted by Gasteiger charge is 2.10. The molecule has 17 heavy (non-hydrogen) atoms. The van der Waals surface area contributed by atoms with Gasteiger partial charge in [0.05, 0.1) is 11.1 Å². The average Bonchev–Trinajstić information content (AvgIpc) is 2.32. The van der Waals surface area contributed by atoms with Crippen LogP contribution in [0.4, 0.5) is 0 Å². The molecule has 5 heteroatoms. The van der Waals surface area contributed by atoms with Crippen LogP contribution < -0.4 is 11.3 Å². The van der Waals surface area contributed by atoms with Crippen molar-refractivity contribution in [3.8, 4) is 0 Å². The molecule has 88 valence electrons. The number of benzene rings is 1. The van der Waals surface area contributed by atoms with E-state index in [1.165, 1.54) is 4.57 Å². The molecule has 0 saturated heterocycles. The zero-order chi connectivity index (χ0) is 12.6. The van der Waals surface area contributed by atoms with E-state index in [0.717, 1.165) is 16.5 Å². The molecule has 0 fully saturated rings. The molecule has 0 radical (unpaired) electrons. The molecule has 2 aromatic rings. The Bertz CT molecular complexity index is 671. The number of hydrogen-bond donors (Lipinski definition) is 2. The number of aryl methyl sites for hydroxylation is 2. The van der Waals surface area contributed by atoms with Gasteiger partial charge in [0.1, 0.15) is 0 Å². The third kappa shape index (κ3) is 1.75. The fourth-order valence-electron chi connectivity index (χ4n) is 1.84. The van der Waals surface area contributed by atoms with E-state index >= 15 is 0 Å². The van der Waals surface area contributed by atoms with Gasteiger partial charge in [-0.2, -0.15) is 0 Å². The Morgan fingerprint density at radius 2 is 2.12 bits per heavy atom. The number of hydrogen-bond acceptors (Lipinski definition) is 3. The van der Waals surface area contributed by atoms with Gasteiger partial charge >= 0.3 is 0 Å². The Balaban J connectivity index is 2.90. The van der Waals surface area contributed by atoms with E-state index in [-0.39, 0.29) is 17.0 Å². The summed E-state index contributed by atoms with van der Waals surface area (Å²) < 4.78 is 1.49. The second-order valence-electron chi connectivity index (χ2n) is 3.97. The van der Waals surface area contributed by atoms with Crippen molar-refractivity contribution in [2.45, 2.75) is 6.92 Å². The standard InChI is InChI=1S/C12H13N3O2/c1-7-3-4-10-8(5-7)6-9(11(13)14-17)12(16)15(10)2/h3-6,17H,1-2H3,(H2,13,14). The number of amidine groups is 1. The first-order valence-corrected chi connectivity index (χ1v) is 5.13. The lowest BCUT2D eigenvalue weighted by molar-refractivity contribution is 0.318. The van der Waals surface area contributed by atoms with Crippen LogP contribution in [-0.2, 0) is 7.05 Å². The lowest BCUT2D eigenvalue weighted by Gasteiger charge is -2.08. The number of pyridine rings is 1. The third-order valence-electron chi connectivity index (χ3n) is 2.76. The van der Waals surface area contributed by atoms with Crippen LogP contribution in [0.25, 0.3) is 10.9 Å². The molecule has 0 atom stereocenters. The number of fused-ring (bicyclic) bond motifs is 1. The predicted octanol–water partition coefficient (Wildman–Crippen LogP) is 0.941. The minimum Gasteiger partial charge on any atom is -0.409 e. The molecule has 3 N–H and O–H groups in total. The summed E-state index contributed by atoms with van der Waals surface area (Å²) in [6.07, 6.45) is 0. The van der Waals surface area contributed by atoms with Gasteiger partial charge in [-0.05, 0) is 30.5 Å². The number of rotatable bonds is 1. The molecule has 5 nitrogen and oxygen atoms in total. The van der Waals surface area contributed by atoms with Crippen LogP contribution in [0.15, 0.2) is 34.2 Å². The summed E-state index contributed by atoms with van der Waals surface area (Å²) in [4.78, 5) is 12.0. The lowest BCUT2D eigenvalue weighted by Crippen LogP contribution is -2.28. The first-order chi connectivity index (χ1) is 8.04. The highest BCUT2D eigenvalue weighted by Crippen LogP contribution is 2.14. The summed E-state index contributed by atoms with van der Waals surface area (Å²) in [5.74, 6) is -0.172. The largest absolute Gasteiger partial charge is 0.409 e. The molecule has 0 spiro atoms. The van der Waals surface area contributed by atoms with Crippen molar-refractivity contribution in [1.82, 2.24) is 4.57 Å². The molecule has 0 unspecified atom stereocenters. The first-order valence-electron chi connectivity index (χ1n) is 5.13. The maximum absolute atomic E-state index is 12.0. The summed E-state index contributed by atoms with van der Waals surface area (Å²) in [5.41, 5.74) is 7.30. The van der Waals surface area contributed by atoms with Crippen LogP contribution in [0, 0.1) is 6.92 Å². The van der Waals surface area contributed by atoms with Crippen molar-refractivity contribution in [2.24, 2.45) is 17.9 Å². The normalized spacial score (nSPS) is 12.0. The number of nitrogens with zero attached hydrogens (tertiary/aromatic N) is 2. The minimum absolute atomic E-state index is 0.172. The van der Waals surface area contributed by atoms with E-state index in [2.05, 4.69) is 5.16 Å². The minimum atomic E-state index is -0.281. The number of oxime groups is 1. The summed E-state index contributed by atoms with van der Waals surface area (Å²) in [6.45, 7) is 1.97. The summed E-state index contributed by atoms with van der Waals surface area (Å²) in [6, 6.07) is 7.40. The Hall–Kier alpha value is -2.30. The van der Waals surface area contributed by atoms with Gasteiger partial charge < -0.3 is 15.5 Å². The summed E-state index contributed by atoms with van der Waals surface area (Å²) >= 11 is 0. The zero-order valence-corrected chi connectivity index (χ0v) is 9.64. The van der Waals surface area contributed by atoms with Crippen molar-refractivity contribution >= 4 is 16.7 Å². The van der Waals surface area contributed by atoms with E-state index in [9.17, 15) is 4.79 Å². The Morgan fingerprint density at radius 3 is 2.76 bits per heavy atom. The van der Waals surface area contributed by atoms with Gasteiger partial charge in [0, 0.05) is 7.05 Å². The Morgan fingerprint density at radius 1 is 1.41 bits per heavy atom. The zero-order valence-electron chi connectivity index (χ0n) is 9.64. The van der Waals surface area contributed by atoms with Gasteiger partial charge in [0.2, 0.25) is 0 Å².